The summed E-state index contributed by atoms with van der Waals surface area (Å²) in [6.45, 7) is 9.68. The molecule has 0 unspecified atom stereocenters. The lowest BCUT2D eigenvalue weighted by Gasteiger charge is -2.39. The summed E-state index contributed by atoms with van der Waals surface area (Å²) < 4.78 is 5.64. The van der Waals surface area contributed by atoms with Gasteiger partial charge in [-0.2, -0.15) is 4.98 Å². The monoisotopic (exact) mass is 307 g/mol. The Morgan fingerprint density at radius 3 is 2.90 bits per heavy atom. The summed E-state index contributed by atoms with van der Waals surface area (Å²) in [7, 11) is 0. The van der Waals surface area contributed by atoms with Gasteiger partial charge in [-0.05, 0) is 31.0 Å². The molecule has 2 aliphatic heterocycles. The van der Waals surface area contributed by atoms with Crippen molar-refractivity contribution in [3.63, 3.8) is 0 Å². The molecule has 0 saturated carbocycles. The molecule has 2 aliphatic rings. The minimum Gasteiger partial charge on any atom is -0.436 e. The Balaban J connectivity index is 1.83. The van der Waals surface area contributed by atoms with E-state index in [1.54, 1.807) is 6.08 Å². The molecule has 112 valence electrons. The molecule has 6 nitrogen and oxygen atoms in total. The van der Waals surface area contributed by atoms with E-state index in [2.05, 4.69) is 32.0 Å². The molecule has 0 aliphatic carbocycles. The molecule has 21 heavy (non-hydrogen) atoms. The van der Waals surface area contributed by atoms with Gasteiger partial charge >= 0.3 is 0 Å². The summed E-state index contributed by atoms with van der Waals surface area (Å²) in [5.41, 5.74) is 0.356. The predicted octanol–water partition coefficient (Wildman–Crippen LogP) is 1.79. The molecule has 0 amide bonds. The molecule has 0 atom stereocenters. The van der Waals surface area contributed by atoms with E-state index in [0.29, 0.717) is 22.9 Å². The Kier molecular flexibility index (Phi) is 3.82. The van der Waals surface area contributed by atoms with Crippen LogP contribution in [0.4, 0.5) is 5.82 Å². The molecule has 3 heterocycles. The Bertz CT molecular complexity index is 585. The first kappa shape index (κ1) is 14.3. The lowest BCUT2D eigenvalue weighted by molar-refractivity contribution is 0.199. The first-order valence-corrected chi connectivity index (χ1v) is 7.35. The van der Waals surface area contributed by atoms with Crippen molar-refractivity contribution in [2.45, 2.75) is 13.3 Å². The number of allylic oxidation sites excluding steroid dienone is 2. The van der Waals surface area contributed by atoms with Gasteiger partial charge in [-0.15, -0.1) is 10.2 Å². The third-order valence-corrected chi connectivity index (χ3v) is 4.09. The van der Waals surface area contributed by atoms with Crippen LogP contribution in [-0.4, -0.2) is 41.4 Å². The first-order valence-electron chi connectivity index (χ1n) is 6.97. The molecule has 1 aromatic heterocycles. The van der Waals surface area contributed by atoms with E-state index in [9.17, 15) is 0 Å². The number of halogens is 1. The third-order valence-electron chi connectivity index (χ3n) is 3.93. The van der Waals surface area contributed by atoms with E-state index >= 15 is 0 Å². The maximum Gasteiger partial charge on any atom is 0.282 e. The summed E-state index contributed by atoms with van der Waals surface area (Å²) in [6, 6.07) is 0. The fraction of sp³-hybridized carbons (Fsp3) is 0.500. The van der Waals surface area contributed by atoms with Crippen LogP contribution in [0.15, 0.2) is 24.5 Å². The van der Waals surface area contributed by atoms with Crippen LogP contribution in [0.1, 0.15) is 13.3 Å². The molecule has 2 fully saturated rings. The molecule has 0 radical (unpaired) electrons. The minimum atomic E-state index is 0.127. The van der Waals surface area contributed by atoms with Crippen LogP contribution in [-0.2, 0) is 0 Å². The zero-order valence-corrected chi connectivity index (χ0v) is 12.7. The van der Waals surface area contributed by atoms with Gasteiger partial charge in [0, 0.05) is 31.6 Å². The molecule has 1 aromatic rings. The second kappa shape index (κ2) is 5.61. The molecule has 3 rings (SSSR count). The van der Waals surface area contributed by atoms with Crippen molar-refractivity contribution in [2.75, 3.05) is 31.1 Å². The van der Waals surface area contributed by atoms with Crippen LogP contribution >= 0.6 is 11.6 Å². The van der Waals surface area contributed by atoms with E-state index in [-0.39, 0.29) is 5.28 Å². The Morgan fingerprint density at radius 2 is 2.29 bits per heavy atom. The van der Waals surface area contributed by atoms with Gasteiger partial charge in [-0.1, -0.05) is 12.7 Å². The predicted molar refractivity (Wildman–Crippen MR) is 81.6 cm³/mol. The van der Waals surface area contributed by atoms with Gasteiger partial charge in [0.2, 0.25) is 5.28 Å². The van der Waals surface area contributed by atoms with Crippen LogP contribution in [0.5, 0.6) is 5.88 Å². The van der Waals surface area contributed by atoms with Gasteiger partial charge in [0.25, 0.3) is 5.88 Å². The van der Waals surface area contributed by atoms with E-state index in [1.165, 1.54) is 0 Å². The SMILES string of the molecule is C=C(/C=C\C)Oc1nnc(Cl)nc1N1CCC2(CNC2)C1. The maximum atomic E-state index is 5.90. The van der Waals surface area contributed by atoms with Crippen molar-refractivity contribution < 1.29 is 4.74 Å². The quantitative estimate of drug-likeness (QED) is 0.676. The number of aromatic nitrogens is 3. The van der Waals surface area contributed by atoms with Gasteiger partial charge in [0.1, 0.15) is 5.76 Å². The summed E-state index contributed by atoms with van der Waals surface area (Å²) in [5, 5.41) is 11.2. The molecule has 1 spiro atoms. The zero-order valence-electron chi connectivity index (χ0n) is 12.0. The van der Waals surface area contributed by atoms with Crippen molar-refractivity contribution in [3.8, 4) is 5.88 Å². The summed E-state index contributed by atoms with van der Waals surface area (Å²) in [6.07, 6.45) is 4.75. The van der Waals surface area contributed by atoms with Crippen molar-refractivity contribution >= 4 is 17.4 Å². The molecule has 0 bridgehead atoms. The number of hydrogen-bond donors (Lipinski definition) is 1. The number of hydrogen-bond acceptors (Lipinski definition) is 6. The highest BCUT2D eigenvalue weighted by Gasteiger charge is 2.44. The third kappa shape index (κ3) is 2.87. The number of nitrogens with one attached hydrogen (secondary N) is 1. The minimum absolute atomic E-state index is 0.127. The van der Waals surface area contributed by atoms with Crippen LogP contribution < -0.4 is 15.0 Å². The van der Waals surface area contributed by atoms with Crippen molar-refractivity contribution in [1.82, 2.24) is 20.5 Å². The number of rotatable bonds is 4. The Labute approximate surface area is 128 Å². The van der Waals surface area contributed by atoms with Crippen molar-refractivity contribution in [1.29, 1.82) is 0 Å². The van der Waals surface area contributed by atoms with Gasteiger partial charge in [0.15, 0.2) is 5.82 Å². The van der Waals surface area contributed by atoms with Gasteiger partial charge in [-0.25, -0.2) is 0 Å². The largest absolute Gasteiger partial charge is 0.436 e. The van der Waals surface area contributed by atoms with E-state index in [4.69, 9.17) is 16.3 Å². The van der Waals surface area contributed by atoms with E-state index < -0.39 is 0 Å². The number of nitrogens with zero attached hydrogens (tertiary/aromatic N) is 4. The van der Waals surface area contributed by atoms with Crippen molar-refractivity contribution in [3.05, 3.63) is 29.8 Å². The van der Waals surface area contributed by atoms with Gasteiger partial charge in [-0.3, -0.25) is 0 Å². The second-order valence-corrected chi connectivity index (χ2v) is 5.89. The summed E-state index contributed by atoms with van der Waals surface area (Å²) in [4.78, 5) is 6.47. The molecule has 2 saturated heterocycles. The number of ether oxygens (including phenoxy) is 1. The summed E-state index contributed by atoms with van der Waals surface area (Å²) in [5.74, 6) is 1.49. The highest BCUT2D eigenvalue weighted by atomic mass is 35.5. The fourth-order valence-electron chi connectivity index (χ4n) is 2.79. The number of anilines is 1. The first-order chi connectivity index (χ1) is 10.1. The summed E-state index contributed by atoms with van der Waals surface area (Å²) >= 11 is 5.90. The molecular weight excluding hydrogens is 290 g/mol. The van der Waals surface area contributed by atoms with E-state index in [0.717, 1.165) is 32.6 Å². The highest BCUT2D eigenvalue weighted by molar-refractivity contribution is 6.28. The average Bonchev–Trinajstić information content (AvgIpc) is 2.86. The van der Waals surface area contributed by atoms with Crippen LogP contribution in [0.3, 0.4) is 0 Å². The van der Waals surface area contributed by atoms with Crippen LogP contribution in [0.2, 0.25) is 5.28 Å². The topological polar surface area (TPSA) is 63.2 Å². The normalized spacial score (nSPS) is 20.0. The lowest BCUT2D eigenvalue weighted by atomic mass is 9.81. The lowest BCUT2D eigenvalue weighted by Crippen LogP contribution is -2.54. The highest BCUT2D eigenvalue weighted by Crippen LogP contribution is 2.38. The van der Waals surface area contributed by atoms with E-state index in [1.807, 2.05) is 13.0 Å². The second-order valence-electron chi connectivity index (χ2n) is 5.55. The molecule has 0 aromatic carbocycles. The van der Waals surface area contributed by atoms with Crippen LogP contribution in [0.25, 0.3) is 0 Å². The molecule has 7 heteroatoms. The maximum absolute atomic E-state index is 5.90. The molecular formula is C14H18ClN5O. The fourth-order valence-corrected chi connectivity index (χ4v) is 2.91. The Hall–Kier alpha value is -1.66. The van der Waals surface area contributed by atoms with Crippen molar-refractivity contribution in [2.24, 2.45) is 5.41 Å². The zero-order chi connectivity index (χ0) is 14.9. The Morgan fingerprint density at radius 1 is 1.48 bits per heavy atom. The van der Waals surface area contributed by atoms with Gasteiger partial charge in [0.05, 0.1) is 0 Å². The average molecular weight is 308 g/mol. The molecule has 1 N–H and O–H groups in total. The van der Waals surface area contributed by atoms with Crippen LogP contribution in [0, 0.1) is 5.41 Å². The smallest absolute Gasteiger partial charge is 0.282 e. The standard InChI is InChI=1S/C14H18ClN5O/c1-3-4-10(2)21-12-11(17-13(15)19-18-12)20-6-5-14(9-20)7-16-8-14/h3-4,16H,2,5-9H2,1H3/b4-3-. The van der Waals surface area contributed by atoms with Gasteiger partial charge < -0.3 is 15.0 Å².